The summed E-state index contributed by atoms with van der Waals surface area (Å²) in [4.78, 5) is 28.7. The van der Waals surface area contributed by atoms with E-state index in [0.717, 1.165) is 9.87 Å². The number of halogens is 1. The lowest BCUT2D eigenvalue weighted by atomic mass is 10.1. The van der Waals surface area contributed by atoms with Crippen LogP contribution in [0.15, 0.2) is 77.7 Å². The summed E-state index contributed by atoms with van der Waals surface area (Å²) in [7, 11) is -2.61. The molecule has 0 fully saturated rings. The van der Waals surface area contributed by atoms with Crippen molar-refractivity contribution in [3.05, 3.63) is 88.9 Å². The fourth-order valence-electron chi connectivity index (χ4n) is 4.16. The smallest absolute Gasteiger partial charge is 0.264 e. The van der Waals surface area contributed by atoms with Crippen LogP contribution < -0.4 is 14.4 Å². The van der Waals surface area contributed by atoms with Gasteiger partial charge in [-0.1, -0.05) is 41.9 Å². The molecule has 3 aromatic carbocycles. The number of hydrogen-bond donors (Lipinski definition) is 1. The second-order valence-corrected chi connectivity index (χ2v) is 12.8. The van der Waals surface area contributed by atoms with Crippen LogP contribution >= 0.6 is 11.6 Å². The zero-order chi connectivity index (χ0) is 29.7. The maximum Gasteiger partial charge on any atom is 0.264 e. The molecule has 0 aliphatic heterocycles. The molecule has 0 saturated heterocycles. The van der Waals surface area contributed by atoms with Gasteiger partial charge < -0.3 is 15.0 Å². The van der Waals surface area contributed by atoms with Crippen molar-refractivity contribution in [3.63, 3.8) is 0 Å². The summed E-state index contributed by atoms with van der Waals surface area (Å²) in [5.41, 5.74) is 1.09. The highest BCUT2D eigenvalue weighted by Crippen LogP contribution is 2.29. The molecular weight excluding hydrogens is 550 g/mol. The molecule has 0 unspecified atom stereocenters. The van der Waals surface area contributed by atoms with Crippen molar-refractivity contribution >= 4 is 39.1 Å². The monoisotopic (exact) mass is 585 g/mol. The summed E-state index contributed by atoms with van der Waals surface area (Å²) in [6.07, 6.45) is 0. The molecule has 0 aliphatic carbocycles. The summed E-state index contributed by atoms with van der Waals surface area (Å²) >= 11 is 6.16. The van der Waals surface area contributed by atoms with Crippen LogP contribution in [0.1, 0.15) is 38.8 Å². The number of carbonyl (C=O) groups is 2. The first-order chi connectivity index (χ1) is 18.7. The van der Waals surface area contributed by atoms with Crippen molar-refractivity contribution in [1.29, 1.82) is 0 Å². The Bertz CT molecular complexity index is 1460. The van der Waals surface area contributed by atoms with Gasteiger partial charge in [0.1, 0.15) is 18.3 Å². The number of anilines is 1. The Morgan fingerprint density at radius 3 is 2.27 bits per heavy atom. The molecule has 1 N–H and O–H groups in total. The number of ether oxygens (including phenoxy) is 1. The Balaban J connectivity index is 2.07. The highest BCUT2D eigenvalue weighted by Gasteiger charge is 2.34. The van der Waals surface area contributed by atoms with Crippen molar-refractivity contribution < 1.29 is 22.7 Å². The third kappa shape index (κ3) is 7.76. The minimum absolute atomic E-state index is 0.0371. The summed E-state index contributed by atoms with van der Waals surface area (Å²) in [6.45, 7) is 8.44. The van der Waals surface area contributed by atoms with Crippen LogP contribution in [0.3, 0.4) is 0 Å². The van der Waals surface area contributed by atoms with E-state index in [1.54, 1.807) is 75.6 Å². The summed E-state index contributed by atoms with van der Waals surface area (Å²) < 4.78 is 34.2. The second kappa shape index (κ2) is 12.7. The van der Waals surface area contributed by atoms with Gasteiger partial charge in [0.05, 0.1) is 17.7 Å². The summed E-state index contributed by atoms with van der Waals surface area (Å²) in [5.74, 6) is -0.307. The molecule has 0 aliphatic rings. The van der Waals surface area contributed by atoms with E-state index in [2.05, 4.69) is 5.32 Å². The van der Waals surface area contributed by atoms with Gasteiger partial charge in [0.2, 0.25) is 11.8 Å². The quantitative estimate of drug-likeness (QED) is 0.353. The van der Waals surface area contributed by atoms with Gasteiger partial charge in [0, 0.05) is 17.1 Å². The Morgan fingerprint density at radius 1 is 1.00 bits per heavy atom. The number of carbonyl (C=O) groups excluding carboxylic acids is 2. The van der Waals surface area contributed by atoms with Crippen LogP contribution in [-0.4, -0.2) is 50.4 Å². The van der Waals surface area contributed by atoms with Gasteiger partial charge in [-0.15, -0.1) is 0 Å². The van der Waals surface area contributed by atoms with Crippen molar-refractivity contribution in [2.24, 2.45) is 0 Å². The van der Waals surface area contributed by atoms with Gasteiger partial charge in [-0.3, -0.25) is 13.9 Å². The van der Waals surface area contributed by atoms with Crippen molar-refractivity contribution in [2.75, 3.05) is 18.0 Å². The molecule has 0 heterocycles. The molecule has 0 saturated carbocycles. The van der Waals surface area contributed by atoms with Crippen LogP contribution in [0.5, 0.6) is 5.75 Å². The predicted octanol–water partition coefficient (Wildman–Crippen LogP) is 5.18. The molecule has 8 nitrogen and oxygen atoms in total. The number of nitrogens with one attached hydrogen (secondary N) is 1. The Kier molecular flexibility index (Phi) is 9.87. The minimum Gasteiger partial charge on any atom is -0.497 e. The first-order valence-electron chi connectivity index (χ1n) is 12.8. The highest BCUT2D eigenvalue weighted by molar-refractivity contribution is 7.92. The van der Waals surface area contributed by atoms with Crippen LogP contribution in [0, 0.1) is 6.92 Å². The fourth-order valence-corrected chi connectivity index (χ4v) is 5.88. The molecule has 3 rings (SSSR count). The molecule has 3 aromatic rings. The Labute approximate surface area is 241 Å². The molecule has 10 heteroatoms. The molecule has 214 valence electrons. The van der Waals surface area contributed by atoms with Crippen molar-refractivity contribution in [1.82, 2.24) is 10.2 Å². The maximum absolute atomic E-state index is 14.0. The van der Waals surface area contributed by atoms with E-state index in [1.807, 2.05) is 26.8 Å². The van der Waals surface area contributed by atoms with Crippen LogP contribution in [0.25, 0.3) is 0 Å². The number of amides is 2. The van der Waals surface area contributed by atoms with Gasteiger partial charge in [-0.05, 0) is 88.2 Å². The lowest BCUT2D eigenvalue weighted by Gasteiger charge is -2.34. The third-order valence-corrected chi connectivity index (χ3v) is 8.20. The van der Waals surface area contributed by atoms with E-state index in [0.29, 0.717) is 22.0 Å². The summed E-state index contributed by atoms with van der Waals surface area (Å²) in [6, 6.07) is 19.0. The standard InChI is InChI=1S/C30H36ClN3O5S/c1-21-17-24(31)15-16-27(21)34(40(37,38)26-13-8-7-9-14-26)20-28(35)33(22(2)29(36)32-30(3,4)5)19-23-11-10-12-25(18-23)39-6/h7-18,22H,19-20H2,1-6H3,(H,32,36)/t22-/m1/s1. The van der Waals surface area contributed by atoms with E-state index in [9.17, 15) is 18.0 Å². The number of methoxy groups -OCH3 is 1. The fraction of sp³-hybridized carbons (Fsp3) is 0.333. The molecule has 2 amide bonds. The van der Waals surface area contributed by atoms with E-state index in [-0.39, 0.29) is 17.3 Å². The lowest BCUT2D eigenvalue weighted by Crippen LogP contribution is -2.54. The first kappa shape index (κ1) is 31.0. The predicted molar refractivity (Wildman–Crippen MR) is 158 cm³/mol. The molecule has 0 spiro atoms. The normalized spacial score (nSPS) is 12.4. The van der Waals surface area contributed by atoms with Gasteiger partial charge >= 0.3 is 0 Å². The van der Waals surface area contributed by atoms with Crippen LogP contribution in [0.4, 0.5) is 5.69 Å². The maximum atomic E-state index is 14.0. The number of aryl methyl sites for hydroxylation is 1. The molecule has 0 bridgehead atoms. The number of sulfonamides is 1. The Morgan fingerprint density at radius 2 is 1.68 bits per heavy atom. The molecular formula is C30H36ClN3O5S. The largest absolute Gasteiger partial charge is 0.497 e. The third-order valence-electron chi connectivity index (χ3n) is 6.19. The van der Waals surface area contributed by atoms with E-state index in [1.165, 1.54) is 17.0 Å². The average molecular weight is 586 g/mol. The van der Waals surface area contributed by atoms with Crippen molar-refractivity contribution in [3.8, 4) is 5.75 Å². The molecule has 40 heavy (non-hydrogen) atoms. The number of hydrogen-bond acceptors (Lipinski definition) is 5. The van der Waals surface area contributed by atoms with Crippen molar-refractivity contribution in [2.45, 2.75) is 57.6 Å². The second-order valence-electron chi connectivity index (χ2n) is 10.5. The number of nitrogens with zero attached hydrogens (tertiary/aromatic N) is 2. The van der Waals surface area contributed by atoms with Gasteiger partial charge in [-0.25, -0.2) is 8.42 Å². The Hall–Kier alpha value is -3.56. The van der Waals surface area contributed by atoms with Crippen LogP contribution in [-0.2, 0) is 26.2 Å². The SMILES string of the molecule is COc1cccc(CN(C(=O)CN(c2ccc(Cl)cc2C)S(=O)(=O)c2ccccc2)[C@H](C)C(=O)NC(C)(C)C)c1. The van der Waals surface area contributed by atoms with Gasteiger partial charge in [-0.2, -0.15) is 0 Å². The van der Waals surface area contributed by atoms with Crippen LogP contribution in [0.2, 0.25) is 5.02 Å². The number of rotatable bonds is 10. The average Bonchev–Trinajstić information content (AvgIpc) is 2.90. The number of benzene rings is 3. The highest BCUT2D eigenvalue weighted by atomic mass is 35.5. The zero-order valence-electron chi connectivity index (χ0n) is 23.6. The molecule has 0 radical (unpaired) electrons. The molecule has 1 atom stereocenters. The van der Waals surface area contributed by atoms with E-state index in [4.69, 9.17) is 16.3 Å². The zero-order valence-corrected chi connectivity index (χ0v) is 25.2. The van der Waals surface area contributed by atoms with Gasteiger partial charge in [0.25, 0.3) is 10.0 Å². The van der Waals surface area contributed by atoms with E-state index >= 15 is 0 Å². The lowest BCUT2D eigenvalue weighted by molar-refractivity contribution is -0.140. The first-order valence-corrected chi connectivity index (χ1v) is 14.6. The molecule has 0 aromatic heterocycles. The van der Waals surface area contributed by atoms with E-state index < -0.39 is 34.1 Å². The minimum atomic E-state index is -4.15. The summed E-state index contributed by atoms with van der Waals surface area (Å²) in [5, 5.41) is 3.36. The topological polar surface area (TPSA) is 96.0 Å². The van der Waals surface area contributed by atoms with Gasteiger partial charge in [0.15, 0.2) is 0 Å².